The smallest absolute Gasteiger partial charge is 0.243 e. The second-order valence-electron chi connectivity index (χ2n) is 4.68. The van der Waals surface area contributed by atoms with Crippen LogP contribution in [0.5, 0.6) is 0 Å². The molecule has 0 N–H and O–H groups in total. The number of fused-ring (bicyclic) bond motifs is 1. The van der Waals surface area contributed by atoms with Gasteiger partial charge < -0.3 is 0 Å². The third kappa shape index (κ3) is 2.32. The zero-order valence-corrected chi connectivity index (χ0v) is 12.2. The highest BCUT2D eigenvalue weighted by Gasteiger charge is 2.31. The quantitative estimate of drug-likeness (QED) is 0.819. The molecule has 1 aromatic heterocycles. The molecule has 0 fully saturated rings. The Morgan fingerprint density at radius 1 is 1.10 bits per heavy atom. The number of nitrogens with zero attached hydrogens (tertiary/aromatic N) is 2. The molecule has 20 heavy (non-hydrogen) atoms. The molecular formula is C14H13ClN2O2S. The fraction of sp³-hybridized carbons (Fsp3) is 0.214. The van der Waals surface area contributed by atoms with Crippen LogP contribution in [-0.4, -0.2) is 17.7 Å². The molecule has 2 heterocycles. The molecule has 0 bridgehead atoms. The van der Waals surface area contributed by atoms with Crippen molar-refractivity contribution >= 4 is 21.6 Å². The van der Waals surface area contributed by atoms with E-state index >= 15 is 0 Å². The van der Waals surface area contributed by atoms with Gasteiger partial charge in [0.05, 0.1) is 0 Å². The van der Waals surface area contributed by atoms with Gasteiger partial charge in [0.25, 0.3) is 10.0 Å². The molecule has 0 atom stereocenters. The van der Waals surface area contributed by atoms with E-state index in [4.69, 9.17) is 11.6 Å². The summed E-state index contributed by atoms with van der Waals surface area (Å²) in [5.74, 6) is 0.322. The Morgan fingerprint density at radius 3 is 2.25 bits per heavy atom. The summed E-state index contributed by atoms with van der Waals surface area (Å²) in [6.45, 7) is 0.800. The van der Waals surface area contributed by atoms with Crippen LogP contribution in [0.2, 0.25) is 0 Å². The van der Waals surface area contributed by atoms with Gasteiger partial charge in [-0.25, -0.2) is 13.4 Å². The summed E-state index contributed by atoms with van der Waals surface area (Å²) in [5, 5.41) is 0.0687. The first-order valence-electron chi connectivity index (χ1n) is 6.19. The Hall–Kier alpha value is -1.43. The van der Waals surface area contributed by atoms with E-state index in [-0.39, 0.29) is 5.03 Å². The third-order valence-corrected chi connectivity index (χ3v) is 5.38. The van der Waals surface area contributed by atoms with Gasteiger partial charge in [0.2, 0.25) is 0 Å². The van der Waals surface area contributed by atoms with Gasteiger partial charge in [-0.2, -0.15) is 4.31 Å². The lowest BCUT2D eigenvalue weighted by Gasteiger charge is -2.14. The van der Waals surface area contributed by atoms with Gasteiger partial charge in [0.15, 0.2) is 5.03 Å². The Balaban J connectivity index is 1.90. The maximum Gasteiger partial charge on any atom is 0.261 e. The second kappa shape index (κ2) is 5.16. The van der Waals surface area contributed by atoms with Crippen molar-refractivity contribution in [3.63, 3.8) is 0 Å². The van der Waals surface area contributed by atoms with Gasteiger partial charge in [-0.15, -0.1) is 11.6 Å². The number of halogens is 1. The Labute approximate surface area is 123 Å². The molecule has 2 aromatic rings. The predicted octanol–water partition coefficient (Wildman–Crippen LogP) is 2.52. The fourth-order valence-corrected chi connectivity index (χ4v) is 3.71. The lowest BCUT2D eigenvalue weighted by molar-refractivity contribution is 0.429. The topological polar surface area (TPSA) is 50.3 Å². The molecule has 4 nitrogen and oxygen atoms in total. The van der Waals surface area contributed by atoms with Gasteiger partial charge in [0, 0.05) is 25.2 Å². The molecule has 0 saturated carbocycles. The number of hydrogen-bond acceptors (Lipinski definition) is 3. The maximum absolute atomic E-state index is 12.5. The lowest BCUT2D eigenvalue weighted by Crippen LogP contribution is -2.26. The van der Waals surface area contributed by atoms with Crippen LogP contribution in [0.1, 0.15) is 16.7 Å². The van der Waals surface area contributed by atoms with Gasteiger partial charge in [-0.1, -0.05) is 30.3 Å². The van der Waals surface area contributed by atoms with E-state index in [2.05, 4.69) is 4.98 Å². The van der Waals surface area contributed by atoms with Crippen molar-refractivity contribution in [1.29, 1.82) is 0 Å². The Kier molecular flexibility index (Phi) is 3.50. The highest BCUT2D eigenvalue weighted by atomic mass is 35.5. The van der Waals surface area contributed by atoms with Crippen LogP contribution in [0.25, 0.3) is 0 Å². The minimum absolute atomic E-state index is 0.0687. The van der Waals surface area contributed by atoms with Crippen LogP contribution in [0.4, 0.5) is 0 Å². The summed E-state index contributed by atoms with van der Waals surface area (Å²) < 4.78 is 26.5. The van der Waals surface area contributed by atoms with Crippen LogP contribution in [0.3, 0.4) is 0 Å². The molecule has 0 amide bonds. The van der Waals surface area contributed by atoms with E-state index in [1.165, 1.54) is 16.6 Å². The van der Waals surface area contributed by atoms with Crippen molar-refractivity contribution in [3.8, 4) is 0 Å². The fourth-order valence-electron chi connectivity index (χ4n) is 2.25. The van der Waals surface area contributed by atoms with Gasteiger partial charge in [0.1, 0.15) is 0 Å². The molecule has 0 saturated heterocycles. The van der Waals surface area contributed by atoms with E-state index in [0.717, 1.165) is 16.7 Å². The SMILES string of the molecule is O=S(=O)(c1ccc(CCl)cn1)N1Cc2ccccc2C1. The van der Waals surface area contributed by atoms with Crippen molar-refractivity contribution in [2.75, 3.05) is 0 Å². The van der Waals surface area contributed by atoms with E-state index in [1.54, 1.807) is 6.07 Å². The van der Waals surface area contributed by atoms with Gasteiger partial charge in [-0.05, 0) is 22.8 Å². The number of pyridine rings is 1. The van der Waals surface area contributed by atoms with Crippen molar-refractivity contribution < 1.29 is 8.42 Å². The predicted molar refractivity (Wildman–Crippen MR) is 76.7 cm³/mol. The van der Waals surface area contributed by atoms with Crippen LogP contribution in [0.15, 0.2) is 47.6 Å². The summed E-state index contributed by atoms with van der Waals surface area (Å²) in [4.78, 5) is 4.01. The highest BCUT2D eigenvalue weighted by Crippen LogP contribution is 2.27. The van der Waals surface area contributed by atoms with E-state index in [0.29, 0.717) is 19.0 Å². The lowest BCUT2D eigenvalue weighted by atomic mass is 10.1. The molecule has 3 rings (SSSR count). The summed E-state index contributed by atoms with van der Waals surface area (Å²) in [6.07, 6.45) is 1.50. The van der Waals surface area contributed by atoms with E-state index in [9.17, 15) is 8.42 Å². The Bertz CT molecular complexity index is 704. The molecule has 1 aliphatic heterocycles. The average Bonchev–Trinajstić information content (AvgIpc) is 2.92. The van der Waals surface area contributed by atoms with Crippen LogP contribution in [0, 0.1) is 0 Å². The third-order valence-electron chi connectivity index (χ3n) is 3.37. The largest absolute Gasteiger partial charge is 0.261 e. The number of hydrogen-bond donors (Lipinski definition) is 0. The Morgan fingerprint density at radius 2 is 1.75 bits per heavy atom. The van der Waals surface area contributed by atoms with Crippen LogP contribution in [-0.2, 0) is 29.0 Å². The monoisotopic (exact) mass is 308 g/mol. The number of alkyl halides is 1. The molecular weight excluding hydrogens is 296 g/mol. The minimum atomic E-state index is -3.55. The van der Waals surface area contributed by atoms with Crippen molar-refractivity contribution in [2.24, 2.45) is 0 Å². The number of aromatic nitrogens is 1. The highest BCUT2D eigenvalue weighted by molar-refractivity contribution is 7.89. The van der Waals surface area contributed by atoms with Gasteiger partial charge >= 0.3 is 0 Å². The zero-order chi connectivity index (χ0) is 14.2. The van der Waals surface area contributed by atoms with Crippen molar-refractivity contribution in [2.45, 2.75) is 24.0 Å². The molecule has 1 aromatic carbocycles. The summed E-state index contributed by atoms with van der Waals surface area (Å²) in [7, 11) is -3.55. The second-order valence-corrected chi connectivity index (χ2v) is 6.83. The number of benzene rings is 1. The summed E-state index contributed by atoms with van der Waals surface area (Å²) in [5.41, 5.74) is 2.90. The first-order valence-corrected chi connectivity index (χ1v) is 8.16. The molecule has 1 aliphatic rings. The molecule has 0 unspecified atom stereocenters. The van der Waals surface area contributed by atoms with Crippen molar-refractivity contribution in [1.82, 2.24) is 9.29 Å². The standard InChI is InChI=1S/C14H13ClN2O2S/c15-7-11-5-6-14(16-8-11)20(18,19)17-9-12-3-1-2-4-13(12)10-17/h1-6,8H,7,9-10H2. The number of sulfonamides is 1. The van der Waals surface area contributed by atoms with Gasteiger partial charge in [-0.3, -0.25) is 0 Å². The van der Waals surface area contributed by atoms with Crippen LogP contribution < -0.4 is 0 Å². The molecule has 0 spiro atoms. The molecule has 0 aliphatic carbocycles. The average molecular weight is 309 g/mol. The summed E-state index contributed by atoms with van der Waals surface area (Å²) >= 11 is 5.68. The summed E-state index contributed by atoms with van der Waals surface area (Å²) in [6, 6.07) is 10.9. The molecule has 0 radical (unpaired) electrons. The normalized spacial score (nSPS) is 15.2. The minimum Gasteiger partial charge on any atom is -0.243 e. The molecule has 6 heteroatoms. The van der Waals surface area contributed by atoms with Crippen LogP contribution >= 0.6 is 11.6 Å². The maximum atomic E-state index is 12.5. The van der Waals surface area contributed by atoms with Crippen molar-refractivity contribution in [3.05, 3.63) is 59.3 Å². The van der Waals surface area contributed by atoms with E-state index < -0.39 is 10.0 Å². The molecule has 104 valence electrons. The van der Waals surface area contributed by atoms with E-state index in [1.807, 2.05) is 24.3 Å². The zero-order valence-electron chi connectivity index (χ0n) is 10.7. The first-order chi connectivity index (χ1) is 9.61. The number of rotatable bonds is 3. The first kappa shape index (κ1) is 13.5.